The predicted octanol–water partition coefficient (Wildman–Crippen LogP) is 6.62. The van der Waals surface area contributed by atoms with Crippen molar-refractivity contribution in [2.75, 3.05) is 10.6 Å². The lowest BCUT2D eigenvalue weighted by molar-refractivity contribution is -0.117. The molecule has 0 aliphatic rings. The number of hydrogen-bond donors (Lipinski definition) is 2. The van der Waals surface area contributed by atoms with Crippen molar-refractivity contribution >= 4 is 23.2 Å². The van der Waals surface area contributed by atoms with Gasteiger partial charge in [-0.05, 0) is 63.8 Å². The Morgan fingerprint density at radius 2 is 0.967 bits per heavy atom. The molecular weight excluding hydrogens is 372 g/mol. The molecule has 0 fully saturated rings. The largest absolute Gasteiger partial charge is 0.326 e. The van der Waals surface area contributed by atoms with E-state index >= 15 is 0 Å². The third-order valence-electron chi connectivity index (χ3n) is 5.37. The van der Waals surface area contributed by atoms with Crippen molar-refractivity contribution in [3.8, 4) is 0 Å². The van der Waals surface area contributed by atoms with Crippen LogP contribution in [0.25, 0.3) is 0 Å². The Balaban J connectivity index is 1.51. The smallest absolute Gasteiger partial charge is 0.224 e. The van der Waals surface area contributed by atoms with Crippen LogP contribution in [0.2, 0.25) is 0 Å². The first kappa shape index (κ1) is 23.7. The van der Waals surface area contributed by atoms with Crippen LogP contribution in [0.15, 0.2) is 36.4 Å². The van der Waals surface area contributed by atoms with E-state index in [0.717, 1.165) is 61.0 Å². The van der Waals surface area contributed by atoms with Crippen molar-refractivity contribution in [3.63, 3.8) is 0 Å². The van der Waals surface area contributed by atoms with Crippen LogP contribution in [0.5, 0.6) is 0 Å². The van der Waals surface area contributed by atoms with E-state index < -0.39 is 0 Å². The number of carbonyl (C=O) groups excluding carboxylic acids is 2. The molecule has 0 spiro atoms. The Kier molecular flexibility index (Phi) is 9.59. The van der Waals surface area contributed by atoms with Gasteiger partial charge in [-0.15, -0.1) is 0 Å². The van der Waals surface area contributed by atoms with Crippen molar-refractivity contribution in [3.05, 3.63) is 58.7 Å². The van der Waals surface area contributed by atoms with Gasteiger partial charge in [0.15, 0.2) is 0 Å². The molecular formula is C26H36N2O2. The first-order chi connectivity index (χ1) is 14.3. The number of unbranched alkanes of at least 4 members (excludes halogenated alkanes) is 5. The second-order valence-electron chi connectivity index (χ2n) is 8.35. The molecule has 0 saturated heterocycles. The van der Waals surface area contributed by atoms with Crippen LogP contribution < -0.4 is 10.6 Å². The van der Waals surface area contributed by atoms with Gasteiger partial charge in [-0.3, -0.25) is 9.59 Å². The summed E-state index contributed by atoms with van der Waals surface area (Å²) in [6.07, 6.45) is 7.25. The van der Waals surface area contributed by atoms with E-state index in [0.29, 0.717) is 12.8 Å². The molecule has 0 aromatic heterocycles. The van der Waals surface area contributed by atoms with Gasteiger partial charge in [-0.25, -0.2) is 0 Å². The summed E-state index contributed by atoms with van der Waals surface area (Å²) in [4.78, 5) is 24.2. The van der Waals surface area contributed by atoms with Gasteiger partial charge in [-0.2, -0.15) is 0 Å². The summed E-state index contributed by atoms with van der Waals surface area (Å²) in [6, 6.07) is 12.1. The van der Waals surface area contributed by atoms with Crippen molar-refractivity contribution in [1.82, 2.24) is 0 Å². The minimum absolute atomic E-state index is 0.0880. The first-order valence-corrected chi connectivity index (χ1v) is 11.1. The number of aryl methyl sites for hydroxylation is 4. The third kappa shape index (κ3) is 8.40. The molecule has 4 heteroatoms. The average molecular weight is 409 g/mol. The van der Waals surface area contributed by atoms with E-state index in [-0.39, 0.29) is 11.8 Å². The number of amides is 2. The molecule has 0 bridgehead atoms. The standard InChI is InChI=1S/C26H36N2O2/c1-19-13-15-23(21(3)17-19)27-25(29)11-9-7-5-6-8-10-12-26(30)28-24-16-14-20(2)18-22(24)4/h13-18H,5-12H2,1-4H3,(H,27,29)(H,28,30). The fourth-order valence-electron chi connectivity index (χ4n) is 3.61. The molecule has 0 unspecified atom stereocenters. The predicted molar refractivity (Wildman–Crippen MR) is 126 cm³/mol. The van der Waals surface area contributed by atoms with Crippen LogP contribution >= 0.6 is 0 Å². The van der Waals surface area contributed by atoms with Gasteiger partial charge in [0.2, 0.25) is 11.8 Å². The van der Waals surface area contributed by atoms with Gasteiger partial charge in [-0.1, -0.05) is 61.1 Å². The van der Waals surface area contributed by atoms with Crippen LogP contribution in [-0.4, -0.2) is 11.8 Å². The fraction of sp³-hybridized carbons (Fsp3) is 0.462. The van der Waals surface area contributed by atoms with Gasteiger partial charge in [0.25, 0.3) is 0 Å². The summed E-state index contributed by atoms with van der Waals surface area (Å²) in [5.74, 6) is 0.176. The number of benzene rings is 2. The molecule has 0 aliphatic carbocycles. The van der Waals surface area contributed by atoms with Crippen LogP contribution in [0, 0.1) is 27.7 Å². The summed E-state index contributed by atoms with van der Waals surface area (Å²) < 4.78 is 0. The highest BCUT2D eigenvalue weighted by Crippen LogP contribution is 2.18. The highest BCUT2D eigenvalue weighted by Gasteiger charge is 2.06. The summed E-state index contributed by atoms with van der Waals surface area (Å²) >= 11 is 0. The van der Waals surface area contributed by atoms with Crippen LogP contribution in [0.4, 0.5) is 11.4 Å². The number of anilines is 2. The summed E-state index contributed by atoms with van der Waals surface area (Å²) in [5.41, 5.74) is 6.42. The Labute approximate surface area is 181 Å². The van der Waals surface area contributed by atoms with Crippen molar-refractivity contribution in [2.45, 2.75) is 79.1 Å². The van der Waals surface area contributed by atoms with Crippen LogP contribution in [0.1, 0.15) is 73.6 Å². The van der Waals surface area contributed by atoms with Crippen molar-refractivity contribution < 1.29 is 9.59 Å². The fourth-order valence-corrected chi connectivity index (χ4v) is 3.61. The molecule has 2 aromatic carbocycles. The Bertz CT molecular complexity index is 787. The number of rotatable bonds is 11. The molecule has 0 radical (unpaired) electrons. The van der Waals surface area contributed by atoms with Crippen LogP contribution in [0.3, 0.4) is 0 Å². The lowest BCUT2D eigenvalue weighted by Gasteiger charge is -2.09. The molecule has 0 atom stereocenters. The lowest BCUT2D eigenvalue weighted by Crippen LogP contribution is -2.12. The number of carbonyl (C=O) groups is 2. The Morgan fingerprint density at radius 3 is 1.33 bits per heavy atom. The van der Waals surface area contributed by atoms with Crippen molar-refractivity contribution in [1.29, 1.82) is 0 Å². The quantitative estimate of drug-likeness (QED) is 0.411. The highest BCUT2D eigenvalue weighted by atomic mass is 16.2. The van der Waals surface area contributed by atoms with Crippen LogP contribution in [-0.2, 0) is 9.59 Å². The molecule has 2 aromatic rings. The Morgan fingerprint density at radius 1 is 0.600 bits per heavy atom. The molecule has 2 rings (SSSR count). The maximum atomic E-state index is 12.1. The van der Waals surface area contributed by atoms with E-state index in [1.54, 1.807) is 0 Å². The van der Waals surface area contributed by atoms with E-state index in [1.165, 1.54) is 11.1 Å². The minimum atomic E-state index is 0.0880. The molecule has 30 heavy (non-hydrogen) atoms. The first-order valence-electron chi connectivity index (χ1n) is 11.1. The summed E-state index contributed by atoms with van der Waals surface area (Å²) in [5, 5.41) is 6.01. The second-order valence-corrected chi connectivity index (χ2v) is 8.35. The number of hydrogen-bond acceptors (Lipinski definition) is 2. The summed E-state index contributed by atoms with van der Waals surface area (Å²) in [7, 11) is 0. The van der Waals surface area contributed by atoms with E-state index in [1.807, 2.05) is 38.1 Å². The molecule has 162 valence electrons. The van der Waals surface area contributed by atoms with Crippen molar-refractivity contribution in [2.24, 2.45) is 0 Å². The van der Waals surface area contributed by atoms with Gasteiger partial charge in [0.1, 0.15) is 0 Å². The zero-order valence-corrected chi connectivity index (χ0v) is 18.9. The zero-order chi connectivity index (χ0) is 21.9. The van der Waals surface area contributed by atoms with Gasteiger partial charge >= 0.3 is 0 Å². The average Bonchev–Trinajstić information content (AvgIpc) is 2.68. The SMILES string of the molecule is Cc1ccc(NC(=O)CCCCCCCCC(=O)Nc2ccc(C)cc2C)c(C)c1. The highest BCUT2D eigenvalue weighted by molar-refractivity contribution is 5.92. The maximum Gasteiger partial charge on any atom is 0.224 e. The Hall–Kier alpha value is -2.62. The second kappa shape index (κ2) is 12.2. The minimum Gasteiger partial charge on any atom is -0.326 e. The van der Waals surface area contributed by atoms with E-state index in [9.17, 15) is 9.59 Å². The van der Waals surface area contributed by atoms with E-state index in [2.05, 4.69) is 36.6 Å². The monoisotopic (exact) mass is 408 g/mol. The molecule has 0 aliphatic heterocycles. The third-order valence-corrected chi connectivity index (χ3v) is 5.37. The van der Waals surface area contributed by atoms with E-state index in [4.69, 9.17) is 0 Å². The molecule has 0 heterocycles. The topological polar surface area (TPSA) is 58.2 Å². The maximum absolute atomic E-state index is 12.1. The lowest BCUT2D eigenvalue weighted by atomic mass is 10.1. The van der Waals surface area contributed by atoms with Gasteiger partial charge in [0.05, 0.1) is 0 Å². The molecule has 2 amide bonds. The molecule has 4 nitrogen and oxygen atoms in total. The number of nitrogens with one attached hydrogen (secondary N) is 2. The molecule has 2 N–H and O–H groups in total. The molecule has 0 saturated carbocycles. The normalized spacial score (nSPS) is 10.7. The summed E-state index contributed by atoms with van der Waals surface area (Å²) in [6.45, 7) is 8.14. The van der Waals surface area contributed by atoms with Gasteiger partial charge in [0, 0.05) is 24.2 Å². The zero-order valence-electron chi connectivity index (χ0n) is 18.9. The van der Waals surface area contributed by atoms with Gasteiger partial charge < -0.3 is 10.6 Å².